The maximum absolute atomic E-state index is 13.8. The molecule has 0 aliphatic carbocycles. The fourth-order valence-electron chi connectivity index (χ4n) is 10.7. The quantitative estimate of drug-likeness (QED) is 0.135. The van der Waals surface area contributed by atoms with E-state index in [9.17, 15) is 23.2 Å². The van der Waals surface area contributed by atoms with Crippen LogP contribution in [0.1, 0.15) is 109 Å². The van der Waals surface area contributed by atoms with Gasteiger partial charge in [-0.05, 0) is 122 Å². The molecule has 0 radical (unpaired) electrons. The first kappa shape index (κ1) is 56.5. The molecule has 3 atom stereocenters. The molecule has 0 saturated heterocycles. The summed E-state index contributed by atoms with van der Waals surface area (Å²) in [5.41, 5.74) is 12.3. The van der Waals surface area contributed by atoms with E-state index in [4.69, 9.17) is 27.9 Å². The first-order valence-corrected chi connectivity index (χ1v) is 27.2. The van der Waals surface area contributed by atoms with E-state index in [-0.39, 0.29) is 57.0 Å². The Hall–Kier alpha value is -8.82. The first-order valence-electron chi connectivity index (χ1n) is 26.4. The van der Waals surface area contributed by atoms with Crippen molar-refractivity contribution in [2.75, 3.05) is 7.11 Å². The summed E-state index contributed by atoms with van der Waals surface area (Å²) < 4.78 is 32.9. The Bertz CT molecular complexity index is 3700. The molecule has 420 valence electrons. The Morgan fingerprint density at radius 3 is 1.16 bits per heavy atom. The number of aromatic amines is 3. The van der Waals surface area contributed by atoms with Gasteiger partial charge in [0.15, 0.2) is 0 Å². The number of amides is 3. The van der Waals surface area contributed by atoms with Gasteiger partial charge in [-0.15, -0.1) is 0 Å². The summed E-state index contributed by atoms with van der Waals surface area (Å²) >= 11 is 12.0. The summed E-state index contributed by atoms with van der Waals surface area (Å²) in [6.45, 7) is 14.5. The normalized spacial score (nSPS) is 16.2. The smallest absolute Gasteiger partial charge is 0.256 e. The van der Waals surface area contributed by atoms with Crippen molar-refractivity contribution >= 4 is 40.9 Å². The second kappa shape index (κ2) is 23.7. The zero-order chi connectivity index (χ0) is 58.1. The molecule has 3 aliphatic heterocycles. The van der Waals surface area contributed by atoms with Crippen LogP contribution in [0.3, 0.4) is 0 Å². The molecule has 9 heterocycles. The molecule has 19 nitrogen and oxygen atoms in total. The predicted molar refractivity (Wildman–Crippen MR) is 303 cm³/mol. The van der Waals surface area contributed by atoms with Crippen LogP contribution in [0.15, 0.2) is 91.4 Å². The first-order chi connectivity index (χ1) is 39.4. The Morgan fingerprint density at radius 2 is 0.829 bits per heavy atom. The summed E-state index contributed by atoms with van der Waals surface area (Å²) in [6, 6.07) is 19.5. The van der Waals surface area contributed by atoms with Gasteiger partial charge in [-0.25, -0.2) is 38.7 Å². The zero-order valence-electron chi connectivity index (χ0n) is 46.1. The number of halogens is 4. The van der Waals surface area contributed by atoms with Gasteiger partial charge in [0.1, 0.15) is 34.9 Å². The summed E-state index contributed by atoms with van der Waals surface area (Å²) in [6.07, 6.45) is 6.93. The van der Waals surface area contributed by atoms with Crippen LogP contribution >= 0.6 is 23.2 Å². The monoisotopic (exact) mass is 1150 g/mol. The number of H-pyrrole nitrogens is 3. The fourth-order valence-corrected chi connectivity index (χ4v) is 11.1. The molecule has 9 aromatic rings. The van der Waals surface area contributed by atoms with Gasteiger partial charge in [0.05, 0.1) is 99.2 Å². The lowest BCUT2D eigenvalue weighted by Crippen LogP contribution is -2.43. The number of methoxy groups -OCH3 is 1. The lowest BCUT2D eigenvalue weighted by Gasteiger charge is -2.35. The van der Waals surface area contributed by atoms with Crippen molar-refractivity contribution in [3.8, 4) is 39.9 Å². The van der Waals surface area contributed by atoms with Crippen molar-refractivity contribution in [1.29, 1.82) is 0 Å². The largest absolute Gasteiger partial charge is 0.496 e. The molecule has 12 rings (SSSR count). The Morgan fingerprint density at radius 1 is 0.500 bits per heavy atom. The summed E-state index contributed by atoms with van der Waals surface area (Å²) in [4.78, 5) is 72.0. The molecule has 3 amide bonds. The molecule has 3 N–H and O–H groups in total. The Labute approximate surface area is 481 Å². The number of fused-ring (bicyclic) bond motifs is 3. The molecule has 0 spiro atoms. The zero-order valence-corrected chi connectivity index (χ0v) is 47.7. The molecule has 3 aromatic carbocycles. The molecule has 6 aromatic heterocycles. The van der Waals surface area contributed by atoms with Crippen LogP contribution in [0.5, 0.6) is 5.75 Å². The van der Waals surface area contributed by atoms with E-state index in [1.807, 2.05) is 82.8 Å². The van der Waals surface area contributed by atoms with E-state index < -0.39 is 11.6 Å². The van der Waals surface area contributed by atoms with Crippen LogP contribution in [0, 0.1) is 39.3 Å². The molecule has 0 fully saturated rings. The molecular formula is C59H57Cl2F2N15O4. The number of aryl methyl sites for hydroxylation is 3. The lowest BCUT2D eigenvalue weighted by atomic mass is 9.94. The third-order valence-electron chi connectivity index (χ3n) is 14.8. The third-order valence-corrected chi connectivity index (χ3v) is 15.6. The molecule has 82 heavy (non-hydrogen) atoms. The van der Waals surface area contributed by atoms with Crippen LogP contribution in [0.2, 0.25) is 10.0 Å². The van der Waals surface area contributed by atoms with Crippen LogP contribution in [-0.4, -0.2) is 118 Å². The number of aromatic nitrogens is 12. The van der Waals surface area contributed by atoms with Gasteiger partial charge in [-0.1, -0.05) is 41.4 Å². The van der Waals surface area contributed by atoms with Gasteiger partial charge < -0.3 is 19.4 Å². The Balaban J connectivity index is 0.000000138. The SMILES string of the molecule is COc1cccc(C(=O)N2Cc3nc(C)nc(-c4ccn[nH]4)c3CC2C)c1C.Cc1nc2c(c(-c3ccn[nH]3)n1)C[C@@H](C)N(C(=O)c1cccc(F)c1Cl)C2.Cc1nc2c(c(-c3ccn[nH]3)n1)C[C@H](C)N(C(=O)c1cccc(F)c1Cl)C2. The van der Waals surface area contributed by atoms with Crippen molar-refractivity contribution in [2.45, 2.75) is 105 Å². The van der Waals surface area contributed by atoms with Crippen molar-refractivity contribution in [3.05, 3.63) is 187 Å². The average Bonchev–Trinajstić information content (AvgIpc) is 4.44. The van der Waals surface area contributed by atoms with Crippen LogP contribution < -0.4 is 4.74 Å². The van der Waals surface area contributed by atoms with Gasteiger partial charge in [0, 0.05) is 64.5 Å². The second-order valence-electron chi connectivity index (χ2n) is 20.3. The number of benzene rings is 3. The van der Waals surface area contributed by atoms with Gasteiger partial charge in [-0.3, -0.25) is 29.7 Å². The third kappa shape index (κ3) is 11.3. The number of hydrogen-bond donors (Lipinski definition) is 3. The molecule has 23 heteroatoms. The number of ether oxygens (including phenoxy) is 1. The second-order valence-corrected chi connectivity index (χ2v) is 21.1. The van der Waals surface area contributed by atoms with Crippen molar-refractivity contribution in [3.63, 3.8) is 0 Å². The lowest BCUT2D eigenvalue weighted by molar-refractivity contribution is 0.0645. The minimum atomic E-state index is -0.604. The number of nitrogens with one attached hydrogen (secondary N) is 3. The highest BCUT2D eigenvalue weighted by Gasteiger charge is 2.36. The van der Waals surface area contributed by atoms with Crippen molar-refractivity contribution in [1.82, 2.24) is 75.2 Å². The predicted octanol–water partition coefficient (Wildman–Crippen LogP) is 10.2. The average molecular weight is 1150 g/mol. The number of nitrogens with zero attached hydrogens (tertiary/aromatic N) is 12. The summed E-state index contributed by atoms with van der Waals surface area (Å²) in [7, 11) is 1.62. The maximum atomic E-state index is 13.8. The minimum absolute atomic E-state index is 0.00564. The number of carbonyl (C=O) groups excluding carboxylic acids is 3. The van der Waals surface area contributed by atoms with E-state index >= 15 is 0 Å². The van der Waals surface area contributed by atoms with E-state index in [1.165, 1.54) is 36.4 Å². The molecular weight excluding hydrogens is 1090 g/mol. The topological polar surface area (TPSA) is 234 Å². The molecule has 1 unspecified atom stereocenters. The molecule has 0 bridgehead atoms. The van der Waals surface area contributed by atoms with Gasteiger partial charge in [-0.2, -0.15) is 15.3 Å². The van der Waals surface area contributed by atoms with Crippen LogP contribution in [-0.2, 0) is 38.9 Å². The number of rotatable bonds is 7. The van der Waals surface area contributed by atoms with Crippen LogP contribution in [0.25, 0.3) is 34.2 Å². The summed E-state index contributed by atoms with van der Waals surface area (Å²) in [5, 5.41) is 20.6. The molecule has 0 saturated carbocycles. The highest BCUT2D eigenvalue weighted by Crippen LogP contribution is 2.35. The number of carbonyl (C=O) groups is 3. The van der Waals surface area contributed by atoms with E-state index in [0.29, 0.717) is 61.9 Å². The Kier molecular flexibility index (Phi) is 16.3. The van der Waals surface area contributed by atoms with Crippen molar-refractivity contribution in [2.24, 2.45) is 0 Å². The van der Waals surface area contributed by atoms with Gasteiger partial charge >= 0.3 is 0 Å². The maximum Gasteiger partial charge on any atom is 0.256 e. The molecule has 3 aliphatic rings. The highest BCUT2D eigenvalue weighted by atomic mass is 35.5. The number of hydrogen-bond acceptors (Lipinski definition) is 13. The minimum Gasteiger partial charge on any atom is -0.496 e. The standard InChI is InChI=1S/C21H23N5O2.2C19H17ClFN5O/c1-12-10-16-18(23-14(3)24-20(16)17-8-9-22-25-17)11-26(12)21(27)15-6-5-7-19(28-4)13(15)2;2*1-10-8-13-16(23-11(2)24-18(13)15-6-7-22-25-15)9-26(10)19(27)12-4-3-5-14(21)17(12)20/h5-9,12H,10-11H2,1-4H3,(H,22,25);2*3-7,10H,8-9H2,1-2H3,(H,22,25)/t;2*10-/m.10/s1. The van der Waals surface area contributed by atoms with E-state index in [2.05, 4.69) is 67.4 Å². The van der Waals surface area contributed by atoms with E-state index in [0.717, 1.165) is 79.2 Å². The van der Waals surface area contributed by atoms with Gasteiger partial charge in [0.2, 0.25) is 0 Å². The van der Waals surface area contributed by atoms with Crippen molar-refractivity contribution < 1.29 is 27.9 Å². The highest BCUT2D eigenvalue weighted by molar-refractivity contribution is 6.34. The fraction of sp³-hybridized carbons (Fsp3) is 0.288. The van der Waals surface area contributed by atoms with Gasteiger partial charge in [0.25, 0.3) is 17.7 Å². The van der Waals surface area contributed by atoms with Crippen LogP contribution in [0.4, 0.5) is 8.78 Å². The van der Waals surface area contributed by atoms with E-state index in [1.54, 1.807) is 35.5 Å². The summed E-state index contributed by atoms with van der Waals surface area (Å²) in [5.74, 6) is 0.800.